The van der Waals surface area contributed by atoms with Gasteiger partial charge in [-0.3, -0.25) is 0 Å². The van der Waals surface area contributed by atoms with E-state index < -0.39 is 5.41 Å². The summed E-state index contributed by atoms with van der Waals surface area (Å²) in [6, 6.07) is 44.1. The van der Waals surface area contributed by atoms with Gasteiger partial charge < -0.3 is 4.90 Å². The number of nitrogens with zero attached hydrogens (tertiary/aromatic N) is 1. The number of fused-ring (bicyclic) bond motifs is 10. The van der Waals surface area contributed by atoms with Crippen LogP contribution in [0.5, 0.6) is 0 Å². The Morgan fingerprint density at radius 2 is 1.32 bits per heavy atom. The molecule has 0 bridgehead atoms. The minimum atomic E-state index is -0.477. The average Bonchev–Trinajstić information content (AvgIpc) is 3.85. The molecule has 6 aromatic carbocycles. The van der Waals surface area contributed by atoms with Crippen molar-refractivity contribution in [2.75, 3.05) is 4.90 Å². The second kappa shape index (κ2) is 23.5. The van der Waals surface area contributed by atoms with Crippen LogP contribution in [0.2, 0.25) is 0 Å². The molecular formula is C68H71N. The first kappa shape index (κ1) is 50.9. The lowest BCUT2D eigenvalue weighted by Gasteiger charge is -2.34. The quantitative estimate of drug-likeness (QED) is 0.117. The highest BCUT2D eigenvalue weighted by atomic mass is 15.1. The normalized spacial score (nSPS) is 13.6. The van der Waals surface area contributed by atoms with Crippen LogP contribution in [0.25, 0.3) is 40.0 Å². The van der Waals surface area contributed by atoms with E-state index in [9.17, 15) is 0 Å². The van der Waals surface area contributed by atoms with Crippen molar-refractivity contribution in [3.8, 4) is 22.3 Å². The Labute approximate surface area is 415 Å². The molecule has 3 aliphatic rings. The van der Waals surface area contributed by atoms with Gasteiger partial charge in [-0.2, -0.15) is 0 Å². The molecule has 0 heterocycles. The summed E-state index contributed by atoms with van der Waals surface area (Å²) in [7, 11) is 0. The number of hydrogen-bond acceptors (Lipinski definition) is 1. The highest BCUT2D eigenvalue weighted by Gasteiger charge is 2.52. The minimum Gasteiger partial charge on any atom is -0.310 e. The number of aryl methyl sites for hydroxylation is 2. The predicted octanol–water partition coefficient (Wildman–Crippen LogP) is 19.4. The van der Waals surface area contributed by atoms with Crippen molar-refractivity contribution >= 4 is 29.1 Å². The maximum Gasteiger partial charge on any atom is 0.0726 e. The molecule has 1 nitrogen and oxygen atoms in total. The number of rotatable bonds is 11. The zero-order valence-electron chi connectivity index (χ0n) is 42.5. The average molecular weight is 902 g/mol. The summed E-state index contributed by atoms with van der Waals surface area (Å²) < 4.78 is 0. The van der Waals surface area contributed by atoms with Crippen molar-refractivity contribution in [3.63, 3.8) is 0 Å². The van der Waals surface area contributed by atoms with Gasteiger partial charge in [-0.15, -0.1) is 0 Å². The van der Waals surface area contributed by atoms with E-state index in [0.717, 1.165) is 34.6 Å². The van der Waals surface area contributed by atoms with Crippen molar-refractivity contribution < 1.29 is 0 Å². The van der Waals surface area contributed by atoms with Crippen LogP contribution in [0.15, 0.2) is 226 Å². The lowest BCUT2D eigenvalue weighted by Crippen LogP contribution is -2.27. The van der Waals surface area contributed by atoms with E-state index in [-0.39, 0.29) is 0 Å². The molecule has 0 amide bonds. The van der Waals surface area contributed by atoms with Crippen molar-refractivity contribution in [2.24, 2.45) is 0 Å². The Bertz CT molecular complexity index is 2980. The van der Waals surface area contributed by atoms with Gasteiger partial charge in [0.25, 0.3) is 0 Å². The van der Waals surface area contributed by atoms with Gasteiger partial charge in [0.1, 0.15) is 0 Å². The molecule has 0 radical (unpaired) electrons. The molecule has 1 spiro atoms. The summed E-state index contributed by atoms with van der Waals surface area (Å²) in [6.45, 7) is 37.6. The smallest absolute Gasteiger partial charge is 0.0726 e. The fraction of sp³-hybridized carbons (Fsp3) is 0.176. The van der Waals surface area contributed by atoms with E-state index in [1.807, 2.05) is 56.4 Å². The zero-order valence-corrected chi connectivity index (χ0v) is 42.5. The summed E-state index contributed by atoms with van der Waals surface area (Å²) in [5, 5.41) is 0. The molecule has 3 aliphatic carbocycles. The lowest BCUT2D eigenvalue weighted by atomic mass is 9.70. The van der Waals surface area contributed by atoms with E-state index in [4.69, 9.17) is 0 Å². The highest BCUT2D eigenvalue weighted by molar-refractivity contribution is 6.01. The number of hydrogen-bond donors (Lipinski definition) is 0. The minimum absolute atomic E-state index is 0.477. The largest absolute Gasteiger partial charge is 0.310 e. The van der Waals surface area contributed by atoms with Crippen LogP contribution < -0.4 is 4.90 Å². The van der Waals surface area contributed by atoms with Crippen LogP contribution in [0, 0.1) is 13.8 Å². The Hall–Kier alpha value is -7.48. The third-order valence-corrected chi connectivity index (χ3v) is 13.4. The Balaban J connectivity index is 0.000000247. The zero-order chi connectivity index (χ0) is 49.7. The topological polar surface area (TPSA) is 3.24 Å². The molecule has 1 heteroatoms. The van der Waals surface area contributed by atoms with Crippen LogP contribution in [-0.4, -0.2) is 0 Å². The SMILES string of the molecule is C=C/C(C)=C(\C=C/C)c1cccc(CC)c1C.C=C/C=C(\C=C)N(c1ccccc1)c1cc2c(c(C=C)c1C=C)-c1ccc(C)cc1C21c2ccccc2-c2ccccc21.CC.CC1=CCCC=C1. The summed E-state index contributed by atoms with van der Waals surface area (Å²) in [5.74, 6) is 0. The van der Waals surface area contributed by atoms with Crippen molar-refractivity contribution in [1.29, 1.82) is 0 Å². The second-order valence-corrected chi connectivity index (χ2v) is 17.3. The van der Waals surface area contributed by atoms with Crippen molar-refractivity contribution in [2.45, 2.75) is 80.1 Å². The molecular weight excluding hydrogens is 831 g/mol. The number of benzene rings is 6. The summed E-state index contributed by atoms with van der Waals surface area (Å²) in [5.41, 5.74) is 24.1. The number of para-hydroxylation sites is 1. The van der Waals surface area contributed by atoms with E-state index in [1.165, 1.54) is 96.3 Å². The summed E-state index contributed by atoms with van der Waals surface area (Å²) >= 11 is 0. The molecule has 348 valence electrons. The van der Waals surface area contributed by atoms with Gasteiger partial charge in [0, 0.05) is 16.9 Å². The summed E-state index contributed by atoms with van der Waals surface area (Å²) in [4.78, 5) is 2.26. The van der Waals surface area contributed by atoms with Gasteiger partial charge in [-0.1, -0.05) is 223 Å². The van der Waals surface area contributed by atoms with Crippen LogP contribution in [0.3, 0.4) is 0 Å². The summed E-state index contributed by atoms with van der Waals surface area (Å²) in [6.07, 6.45) is 26.0. The van der Waals surface area contributed by atoms with Crippen molar-refractivity contribution in [1.82, 2.24) is 0 Å². The van der Waals surface area contributed by atoms with E-state index in [0.29, 0.717) is 0 Å². The fourth-order valence-electron chi connectivity index (χ4n) is 10.2. The van der Waals surface area contributed by atoms with Gasteiger partial charge in [0.2, 0.25) is 0 Å². The fourth-order valence-corrected chi connectivity index (χ4v) is 10.2. The molecule has 69 heavy (non-hydrogen) atoms. The lowest BCUT2D eigenvalue weighted by molar-refractivity contribution is 0.792. The van der Waals surface area contributed by atoms with Gasteiger partial charge in [0.15, 0.2) is 0 Å². The van der Waals surface area contributed by atoms with Gasteiger partial charge >= 0.3 is 0 Å². The van der Waals surface area contributed by atoms with E-state index >= 15 is 0 Å². The Morgan fingerprint density at radius 1 is 0.667 bits per heavy atom. The molecule has 0 aliphatic heterocycles. The first-order valence-corrected chi connectivity index (χ1v) is 24.6. The molecule has 0 N–H and O–H groups in total. The third kappa shape index (κ3) is 9.79. The number of anilines is 2. The van der Waals surface area contributed by atoms with E-state index in [1.54, 1.807) is 0 Å². The second-order valence-electron chi connectivity index (χ2n) is 17.3. The van der Waals surface area contributed by atoms with Gasteiger partial charge in [-0.05, 0) is 162 Å². The first-order chi connectivity index (χ1) is 33.6. The molecule has 0 saturated heterocycles. The van der Waals surface area contributed by atoms with Crippen LogP contribution in [0.1, 0.15) is 110 Å². The van der Waals surface area contributed by atoms with E-state index in [2.05, 4.69) is 225 Å². The molecule has 0 unspecified atom stereocenters. The maximum atomic E-state index is 4.37. The monoisotopic (exact) mass is 902 g/mol. The predicted molar refractivity (Wildman–Crippen MR) is 306 cm³/mol. The van der Waals surface area contributed by atoms with Crippen LogP contribution in [-0.2, 0) is 11.8 Å². The van der Waals surface area contributed by atoms with Crippen LogP contribution in [0.4, 0.5) is 11.4 Å². The molecule has 0 aromatic heterocycles. The van der Waals surface area contributed by atoms with Crippen molar-refractivity contribution in [3.05, 3.63) is 281 Å². The Morgan fingerprint density at radius 3 is 1.86 bits per heavy atom. The first-order valence-electron chi connectivity index (χ1n) is 24.6. The highest BCUT2D eigenvalue weighted by Crippen LogP contribution is 2.64. The van der Waals surface area contributed by atoms with Crippen LogP contribution >= 0.6 is 0 Å². The third-order valence-electron chi connectivity index (χ3n) is 13.4. The molecule has 9 rings (SSSR count). The molecule has 0 atom stereocenters. The molecule has 6 aromatic rings. The molecule has 0 fully saturated rings. The number of allylic oxidation sites excluding steroid dienone is 12. The maximum absolute atomic E-state index is 4.37. The van der Waals surface area contributed by atoms with Gasteiger partial charge in [0.05, 0.1) is 11.1 Å². The Kier molecular flexibility index (Phi) is 17.3. The molecule has 0 saturated carbocycles. The van der Waals surface area contributed by atoms with Gasteiger partial charge in [-0.25, -0.2) is 0 Å². The standard InChI is InChI=1S/C42H33N.C17H22.C7H10.C2H6/c1-6-17-29(7-2)43(30-18-11-10-12-19-30)40-27-39-41(32(9-4)31(40)8-3)35-25-24-28(5)26-38(35)42(39)36-22-15-13-20-33(36)34-21-14-16-23-37(34)42;1-6-10-16(13(4)7-2)17-12-9-11-15(8-3)14(17)5;1-7-5-3-2-4-6-7;1-2/h6-27H,1-4H2,5H3;6-7,9-12H,2,8H2,1,3-5H3;3,5-6H,2,4H2,1H3;1-2H3/b29-17+;10-6-,16-13+;;.